The van der Waals surface area contributed by atoms with Gasteiger partial charge in [-0.25, -0.2) is 4.79 Å². The predicted molar refractivity (Wildman–Crippen MR) is 186 cm³/mol. The zero-order valence-electron chi connectivity index (χ0n) is 29.8. The molecule has 9 nitrogen and oxygen atoms in total. The van der Waals surface area contributed by atoms with Gasteiger partial charge < -0.3 is 29.3 Å². The lowest BCUT2D eigenvalue weighted by molar-refractivity contribution is -0.140. The number of nitrogens with zero attached hydrogens (tertiary/aromatic N) is 2. The molecule has 2 aromatic rings. The lowest BCUT2D eigenvalue weighted by Gasteiger charge is -2.42. The quantitative estimate of drug-likeness (QED) is 0.234. The van der Waals surface area contributed by atoms with E-state index in [-0.39, 0.29) is 30.9 Å². The Morgan fingerprint density at radius 1 is 0.979 bits per heavy atom. The number of unbranched alkanes of at least 4 members (excludes halogenated alkanes) is 1. The van der Waals surface area contributed by atoms with E-state index in [4.69, 9.17) is 14.2 Å². The normalized spacial score (nSPS) is 19.9. The molecule has 1 saturated heterocycles. The third-order valence-corrected chi connectivity index (χ3v) is 9.83. The van der Waals surface area contributed by atoms with Gasteiger partial charge in [-0.05, 0) is 83.8 Å². The van der Waals surface area contributed by atoms with E-state index < -0.39 is 28.9 Å². The maximum atomic E-state index is 14.3. The lowest BCUT2D eigenvalue weighted by Crippen LogP contribution is -2.54. The first kappa shape index (κ1) is 35.7. The van der Waals surface area contributed by atoms with Gasteiger partial charge in [0.15, 0.2) is 0 Å². The van der Waals surface area contributed by atoms with Crippen LogP contribution in [0.25, 0.3) is 0 Å². The summed E-state index contributed by atoms with van der Waals surface area (Å²) in [7, 11) is 1.71. The van der Waals surface area contributed by atoms with Gasteiger partial charge in [-0.15, -0.1) is 0 Å². The zero-order chi connectivity index (χ0) is 34.5. The van der Waals surface area contributed by atoms with Crippen molar-refractivity contribution in [3.63, 3.8) is 0 Å². The lowest BCUT2D eigenvalue weighted by atomic mass is 9.69. The van der Waals surface area contributed by atoms with Gasteiger partial charge in [0.05, 0.1) is 11.8 Å². The van der Waals surface area contributed by atoms with E-state index in [0.29, 0.717) is 32.0 Å². The van der Waals surface area contributed by atoms with Crippen molar-refractivity contribution in [3.8, 4) is 11.5 Å². The Bertz CT molecular complexity index is 1390. The van der Waals surface area contributed by atoms with Gasteiger partial charge in [-0.1, -0.05) is 50.2 Å². The minimum atomic E-state index is -0.692. The Balaban J connectivity index is 1.41. The first-order valence-electron chi connectivity index (χ1n) is 17.8. The number of para-hydroxylation sites is 2. The molecule has 262 valence electrons. The average Bonchev–Trinajstić information content (AvgIpc) is 3.90. The monoisotopic (exact) mass is 661 g/mol. The fourth-order valence-corrected chi connectivity index (χ4v) is 7.20. The fraction of sp³-hybridized carbons (Fsp3) is 0.615. The second kappa shape index (κ2) is 15.3. The van der Waals surface area contributed by atoms with Crippen molar-refractivity contribution in [2.75, 3.05) is 39.9 Å². The third kappa shape index (κ3) is 8.52. The van der Waals surface area contributed by atoms with Crippen LogP contribution in [0.15, 0.2) is 48.5 Å². The number of hydrogen-bond acceptors (Lipinski definition) is 6. The summed E-state index contributed by atoms with van der Waals surface area (Å²) >= 11 is 0. The van der Waals surface area contributed by atoms with Gasteiger partial charge >= 0.3 is 6.09 Å². The van der Waals surface area contributed by atoms with Crippen LogP contribution in [0.5, 0.6) is 11.5 Å². The van der Waals surface area contributed by atoms with E-state index in [1.165, 1.54) is 0 Å². The van der Waals surface area contributed by atoms with Crippen molar-refractivity contribution in [2.24, 2.45) is 17.8 Å². The molecule has 0 unspecified atom stereocenters. The number of carbonyl (C=O) groups excluding carboxylic acids is 3. The van der Waals surface area contributed by atoms with Crippen molar-refractivity contribution in [1.82, 2.24) is 15.1 Å². The number of ether oxygens (including phenoxy) is 3. The molecule has 3 aliphatic rings. The van der Waals surface area contributed by atoms with Crippen molar-refractivity contribution in [2.45, 2.75) is 96.6 Å². The van der Waals surface area contributed by atoms with Crippen LogP contribution < -0.4 is 10.1 Å². The molecule has 1 N–H and O–H groups in total. The number of likely N-dealkylation sites (tertiary alicyclic amines) is 1. The molecule has 0 radical (unpaired) electrons. The largest absolute Gasteiger partial charge is 0.457 e. The maximum Gasteiger partial charge on any atom is 0.410 e. The summed E-state index contributed by atoms with van der Waals surface area (Å²) < 4.78 is 17.5. The van der Waals surface area contributed by atoms with Gasteiger partial charge in [0, 0.05) is 62.5 Å². The molecule has 5 rings (SSSR count). The number of carbonyl (C=O) groups is 3. The van der Waals surface area contributed by atoms with E-state index in [1.807, 2.05) is 62.1 Å². The second-order valence-corrected chi connectivity index (χ2v) is 15.3. The Morgan fingerprint density at radius 3 is 2.19 bits per heavy atom. The van der Waals surface area contributed by atoms with Gasteiger partial charge in [0.25, 0.3) is 0 Å². The number of hydrogen-bond donors (Lipinski definition) is 1. The molecule has 0 aromatic heterocycles. The Morgan fingerprint density at radius 2 is 1.60 bits per heavy atom. The van der Waals surface area contributed by atoms with E-state index in [9.17, 15) is 14.4 Å². The van der Waals surface area contributed by atoms with E-state index in [0.717, 1.165) is 61.2 Å². The average molecular weight is 662 g/mol. The van der Waals surface area contributed by atoms with Crippen LogP contribution in [0.2, 0.25) is 0 Å². The van der Waals surface area contributed by atoms with Gasteiger partial charge in [0.2, 0.25) is 11.8 Å². The number of rotatable bonds is 13. The molecule has 48 heavy (non-hydrogen) atoms. The molecule has 3 amide bonds. The SMILES string of the molecule is COCCCCC1(CNC(=O)[C@H]2C[C@@H](C(=O)N(CCC(C)C)C3CC3)CN(C(=O)OC(C)(C)C)C2)c2ccccc2Oc2ccccc21. The van der Waals surface area contributed by atoms with Crippen LogP contribution in [-0.2, 0) is 24.5 Å². The van der Waals surface area contributed by atoms with Crippen molar-refractivity contribution in [3.05, 3.63) is 59.7 Å². The first-order valence-corrected chi connectivity index (χ1v) is 17.8. The summed E-state index contributed by atoms with van der Waals surface area (Å²) in [6, 6.07) is 16.4. The summed E-state index contributed by atoms with van der Waals surface area (Å²) in [4.78, 5) is 45.4. The Labute approximate surface area is 286 Å². The van der Waals surface area contributed by atoms with Crippen molar-refractivity contribution in [1.29, 1.82) is 0 Å². The second-order valence-electron chi connectivity index (χ2n) is 15.3. The summed E-state index contributed by atoms with van der Waals surface area (Å²) in [6.07, 6.45) is 5.43. The molecule has 1 aliphatic carbocycles. The minimum absolute atomic E-state index is 0.0473. The van der Waals surface area contributed by atoms with Crippen LogP contribution in [0.3, 0.4) is 0 Å². The topological polar surface area (TPSA) is 97.4 Å². The summed E-state index contributed by atoms with van der Waals surface area (Å²) in [6.45, 7) is 12.0. The highest BCUT2D eigenvalue weighted by atomic mass is 16.6. The smallest absolute Gasteiger partial charge is 0.410 e. The minimum Gasteiger partial charge on any atom is -0.457 e. The van der Waals surface area contributed by atoms with Crippen LogP contribution >= 0.6 is 0 Å². The molecule has 9 heteroatoms. The van der Waals surface area contributed by atoms with Crippen molar-refractivity contribution < 1.29 is 28.6 Å². The number of methoxy groups -OCH3 is 1. The van der Waals surface area contributed by atoms with Gasteiger partial charge in [-0.3, -0.25) is 9.59 Å². The molecule has 2 aromatic carbocycles. The number of fused-ring (bicyclic) bond motifs is 2. The van der Waals surface area contributed by atoms with Gasteiger partial charge in [0.1, 0.15) is 17.1 Å². The first-order chi connectivity index (χ1) is 22.9. The van der Waals surface area contributed by atoms with E-state index in [2.05, 4.69) is 31.3 Å². The maximum absolute atomic E-state index is 14.3. The molecule has 1 saturated carbocycles. The fourth-order valence-electron chi connectivity index (χ4n) is 7.20. The van der Waals surface area contributed by atoms with Crippen LogP contribution in [0, 0.1) is 17.8 Å². The number of piperidine rings is 1. The van der Waals surface area contributed by atoms with Gasteiger partial charge in [-0.2, -0.15) is 0 Å². The standard InChI is InChI=1S/C39H55N3O6/c1-27(2)19-21-42(30-17-18-30)36(44)29-23-28(24-41(25-29)37(45)48-38(3,4)5)35(43)40-26-39(20-11-12-22-46-6)31-13-7-9-15-33(31)47-34-16-10-8-14-32(34)39/h7-10,13-16,27-30H,11-12,17-26H2,1-6H3,(H,40,43)/t28-,29+/m0/s1. The zero-order valence-corrected chi connectivity index (χ0v) is 29.8. The van der Waals surface area contributed by atoms with E-state index >= 15 is 0 Å². The molecule has 2 atom stereocenters. The molecule has 0 spiro atoms. The van der Waals surface area contributed by atoms with Crippen molar-refractivity contribution >= 4 is 17.9 Å². The van der Waals surface area contributed by atoms with Crippen LogP contribution in [-0.4, -0.2) is 79.2 Å². The van der Waals surface area contributed by atoms with E-state index in [1.54, 1.807) is 12.0 Å². The van der Waals surface area contributed by atoms with Crippen LogP contribution in [0.1, 0.15) is 90.7 Å². The molecular weight excluding hydrogens is 606 g/mol. The molecule has 2 fully saturated rings. The summed E-state index contributed by atoms with van der Waals surface area (Å²) in [5.41, 5.74) is 0.864. The number of nitrogens with one attached hydrogen (secondary N) is 1. The molecule has 2 aliphatic heterocycles. The number of benzene rings is 2. The highest BCUT2D eigenvalue weighted by molar-refractivity contribution is 5.85. The molecule has 2 heterocycles. The highest BCUT2D eigenvalue weighted by Crippen LogP contribution is 2.50. The Hall–Kier alpha value is -3.59. The highest BCUT2D eigenvalue weighted by Gasteiger charge is 2.45. The number of amides is 3. The molecule has 0 bridgehead atoms. The summed E-state index contributed by atoms with van der Waals surface area (Å²) in [5, 5.41) is 3.33. The predicted octanol–water partition coefficient (Wildman–Crippen LogP) is 6.92. The Kier molecular flexibility index (Phi) is 11.4. The molecular formula is C39H55N3O6. The van der Waals surface area contributed by atoms with Crippen LogP contribution in [0.4, 0.5) is 4.79 Å². The third-order valence-electron chi connectivity index (χ3n) is 9.83. The summed E-state index contributed by atoms with van der Waals surface area (Å²) in [5.74, 6) is 0.926.